The van der Waals surface area contributed by atoms with Gasteiger partial charge in [0.05, 0.1) is 19.3 Å². The molecule has 0 unspecified atom stereocenters. The summed E-state index contributed by atoms with van der Waals surface area (Å²) in [5.41, 5.74) is 1.28. The van der Waals surface area contributed by atoms with Crippen LogP contribution in [0.15, 0.2) is 60.0 Å². The minimum Gasteiger partial charge on any atom is -0.497 e. The minimum atomic E-state index is -0.491. The first-order valence-electron chi connectivity index (χ1n) is 12.8. The molecule has 2 amide bonds. The van der Waals surface area contributed by atoms with Crippen molar-refractivity contribution in [1.82, 2.24) is 9.80 Å². The van der Waals surface area contributed by atoms with Crippen LogP contribution in [0.4, 0.5) is 4.39 Å². The van der Waals surface area contributed by atoms with Gasteiger partial charge in [0.2, 0.25) is 5.91 Å². The molecule has 0 bridgehead atoms. The van der Waals surface area contributed by atoms with Crippen LogP contribution in [-0.2, 0) is 16.0 Å². The Labute approximate surface area is 225 Å². The molecule has 5 rings (SSSR count). The van der Waals surface area contributed by atoms with Crippen LogP contribution < -0.4 is 9.47 Å². The number of hydrogen-bond acceptors (Lipinski definition) is 6. The third-order valence-electron chi connectivity index (χ3n) is 7.00. The summed E-state index contributed by atoms with van der Waals surface area (Å²) in [4.78, 5) is 31.7. The van der Waals surface area contributed by atoms with Gasteiger partial charge in [-0.15, -0.1) is 11.3 Å². The second-order valence-corrected chi connectivity index (χ2v) is 10.5. The molecule has 0 spiro atoms. The Hall–Kier alpha value is -3.43. The molecular formula is C29H31FN2O5S. The van der Waals surface area contributed by atoms with Crippen molar-refractivity contribution in [2.75, 3.05) is 40.0 Å². The first-order valence-corrected chi connectivity index (χ1v) is 13.7. The van der Waals surface area contributed by atoms with E-state index in [-0.39, 0.29) is 49.2 Å². The first kappa shape index (κ1) is 26.2. The van der Waals surface area contributed by atoms with Gasteiger partial charge in [-0.1, -0.05) is 12.1 Å². The number of halogens is 1. The van der Waals surface area contributed by atoms with E-state index in [1.807, 2.05) is 35.7 Å². The number of rotatable bonds is 9. The topological polar surface area (TPSA) is 68.3 Å². The predicted octanol–water partition coefficient (Wildman–Crippen LogP) is 4.72. The highest BCUT2D eigenvalue weighted by atomic mass is 32.1. The molecule has 200 valence electrons. The predicted molar refractivity (Wildman–Crippen MR) is 142 cm³/mol. The molecule has 0 N–H and O–H groups in total. The summed E-state index contributed by atoms with van der Waals surface area (Å²) >= 11 is 1.68. The lowest BCUT2D eigenvalue weighted by molar-refractivity contribution is -0.135. The molecule has 2 aromatic carbocycles. The maximum atomic E-state index is 13.9. The van der Waals surface area contributed by atoms with E-state index in [4.69, 9.17) is 14.2 Å². The number of hydrogen-bond donors (Lipinski definition) is 0. The lowest BCUT2D eigenvalue weighted by Gasteiger charge is -2.37. The maximum absolute atomic E-state index is 13.9. The highest BCUT2D eigenvalue weighted by Crippen LogP contribution is 2.34. The van der Waals surface area contributed by atoms with Crippen molar-refractivity contribution in [3.8, 4) is 11.5 Å². The molecule has 2 aliphatic heterocycles. The van der Waals surface area contributed by atoms with Gasteiger partial charge in [0.25, 0.3) is 5.91 Å². The van der Waals surface area contributed by atoms with Crippen LogP contribution >= 0.6 is 11.3 Å². The van der Waals surface area contributed by atoms with Gasteiger partial charge < -0.3 is 24.0 Å². The zero-order valence-corrected chi connectivity index (χ0v) is 22.1. The smallest absolute Gasteiger partial charge is 0.254 e. The lowest BCUT2D eigenvalue weighted by Crippen LogP contribution is -2.49. The number of ether oxygens (including phenoxy) is 3. The fourth-order valence-electron chi connectivity index (χ4n) is 5.05. The fraction of sp³-hybridized carbons (Fsp3) is 0.379. The van der Waals surface area contributed by atoms with Crippen LogP contribution in [0.2, 0.25) is 0 Å². The summed E-state index contributed by atoms with van der Waals surface area (Å²) in [7, 11) is 1.60. The summed E-state index contributed by atoms with van der Waals surface area (Å²) in [5.74, 6) is 0.293. The molecule has 1 fully saturated rings. The van der Waals surface area contributed by atoms with E-state index in [2.05, 4.69) is 0 Å². The number of fused-ring (bicyclic) bond motifs is 1. The maximum Gasteiger partial charge on any atom is 0.254 e. The highest BCUT2D eigenvalue weighted by Gasteiger charge is 2.34. The van der Waals surface area contributed by atoms with Crippen molar-refractivity contribution in [2.24, 2.45) is 0 Å². The van der Waals surface area contributed by atoms with Crippen LogP contribution in [0.1, 0.15) is 39.7 Å². The van der Waals surface area contributed by atoms with E-state index in [0.29, 0.717) is 24.7 Å². The number of nitrogens with zero attached hydrogens (tertiary/aromatic N) is 2. The molecule has 3 aromatic rings. The van der Waals surface area contributed by atoms with Crippen LogP contribution in [-0.4, -0.2) is 67.7 Å². The van der Waals surface area contributed by atoms with E-state index in [0.717, 1.165) is 24.8 Å². The average Bonchev–Trinajstić information content (AvgIpc) is 3.63. The molecule has 2 atom stereocenters. The summed E-state index contributed by atoms with van der Waals surface area (Å²) in [6, 6.07) is 14.7. The van der Waals surface area contributed by atoms with Gasteiger partial charge >= 0.3 is 0 Å². The molecular weight excluding hydrogens is 507 g/mol. The number of methoxy groups -OCH3 is 1. The van der Waals surface area contributed by atoms with Crippen molar-refractivity contribution in [3.63, 3.8) is 0 Å². The highest BCUT2D eigenvalue weighted by molar-refractivity contribution is 7.10. The Balaban J connectivity index is 1.35. The standard InChI is InChI=1S/C29H31FN2O5S/c1-35-22-7-3-8-23(16-22)37-19-26-25-11-14-38-27(25)10-12-32(26)28(33)18-31(17-24-9-4-13-36-24)29(34)20-5-2-6-21(30)15-20/h2-3,5-8,11,14-16,24,26H,4,9-10,12-13,17-19H2,1H3/t24-,26+/m1/s1. The van der Waals surface area contributed by atoms with Gasteiger partial charge in [0.1, 0.15) is 30.5 Å². The summed E-state index contributed by atoms with van der Waals surface area (Å²) in [6.07, 6.45) is 2.34. The summed E-state index contributed by atoms with van der Waals surface area (Å²) < 4.78 is 31.1. The molecule has 2 aliphatic rings. The normalized spacial score (nSPS) is 18.6. The Kier molecular flexibility index (Phi) is 8.24. The van der Waals surface area contributed by atoms with Crippen molar-refractivity contribution in [1.29, 1.82) is 0 Å². The number of carbonyl (C=O) groups is 2. The van der Waals surface area contributed by atoms with Gasteiger partial charge in [-0.3, -0.25) is 9.59 Å². The molecule has 0 radical (unpaired) electrons. The van der Waals surface area contributed by atoms with Crippen molar-refractivity contribution >= 4 is 23.2 Å². The van der Waals surface area contributed by atoms with E-state index < -0.39 is 5.82 Å². The van der Waals surface area contributed by atoms with Crippen molar-refractivity contribution < 1.29 is 28.2 Å². The lowest BCUT2D eigenvalue weighted by atomic mass is 10.00. The molecule has 0 saturated carbocycles. The zero-order chi connectivity index (χ0) is 26.5. The number of benzene rings is 2. The number of amides is 2. The molecule has 0 aliphatic carbocycles. The average molecular weight is 539 g/mol. The van der Waals surface area contributed by atoms with Crippen molar-refractivity contribution in [2.45, 2.75) is 31.4 Å². The second-order valence-electron chi connectivity index (χ2n) is 9.47. The van der Waals surface area contributed by atoms with Crippen LogP contribution in [0, 0.1) is 5.82 Å². The van der Waals surface area contributed by atoms with E-state index in [9.17, 15) is 14.0 Å². The quantitative estimate of drug-likeness (QED) is 0.394. The third-order valence-corrected chi connectivity index (χ3v) is 7.99. The van der Waals surface area contributed by atoms with E-state index in [1.54, 1.807) is 29.4 Å². The monoisotopic (exact) mass is 538 g/mol. The molecule has 1 aromatic heterocycles. The largest absolute Gasteiger partial charge is 0.497 e. The molecule has 3 heterocycles. The van der Waals surface area contributed by atoms with Gasteiger partial charge in [0, 0.05) is 36.2 Å². The first-order chi connectivity index (χ1) is 18.5. The summed E-state index contributed by atoms with van der Waals surface area (Å²) in [5, 5.41) is 2.04. The second kappa shape index (κ2) is 12.0. The minimum absolute atomic E-state index is 0.121. The van der Waals surface area contributed by atoms with Crippen LogP contribution in [0.3, 0.4) is 0 Å². The third kappa shape index (κ3) is 6.00. The Morgan fingerprint density at radius 2 is 2.00 bits per heavy atom. The van der Waals surface area contributed by atoms with Gasteiger partial charge in [-0.05, 0) is 66.6 Å². The Bertz CT molecular complexity index is 1280. The van der Waals surface area contributed by atoms with Gasteiger partial charge in [-0.2, -0.15) is 0 Å². The molecule has 1 saturated heterocycles. The zero-order valence-electron chi connectivity index (χ0n) is 21.3. The summed E-state index contributed by atoms with van der Waals surface area (Å²) in [6.45, 7) is 1.60. The number of thiophene rings is 1. The number of carbonyl (C=O) groups excluding carboxylic acids is 2. The fourth-order valence-corrected chi connectivity index (χ4v) is 5.98. The molecule has 9 heteroatoms. The van der Waals surface area contributed by atoms with Gasteiger partial charge in [-0.25, -0.2) is 4.39 Å². The SMILES string of the molecule is COc1cccc(OC[C@H]2c3ccsc3CCN2C(=O)CN(C[C@H]2CCCO2)C(=O)c2cccc(F)c2)c1. The Morgan fingerprint density at radius 1 is 1.16 bits per heavy atom. The van der Waals surface area contributed by atoms with Crippen LogP contribution in [0.25, 0.3) is 0 Å². The van der Waals surface area contributed by atoms with Gasteiger partial charge in [0.15, 0.2) is 0 Å². The van der Waals surface area contributed by atoms with E-state index >= 15 is 0 Å². The Morgan fingerprint density at radius 3 is 2.79 bits per heavy atom. The molecule has 7 nitrogen and oxygen atoms in total. The van der Waals surface area contributed by atoms with E-state index in [1.165, 1.54) is 28.0 Å². The van der Waals surface area contributed by atoms with Crippen LogP contribution in [0.5, 0.6) is 11.5 Å². The van der Waals surface area contributed by atoms with Crippen molar-refractivity contribution in [3.05, 3.63) is 81.8 Å². The molecule has 38 heavy (non-hydrogen) atoms.